The monoisotopic (exact) mass is 650 g/mol. The van der Waals surface area contributed by atoms with Crippen LogP contribution in [-0.4, -0.2) is 19.1 Å². The number of hydrogen-bond donors (Lipinski definition) is 0. The lowest BCUT2D eigenvalue weighted by molar-refractivity contribution is 1.02. The molecule has 0 saturated heterocycles. The average Bonchev–Trinajstić information content (AvgIpc) is 3.83. The number of nitrogens with zero attached hydrogens (tertiary/aromatic N) is 4. The Bertz CT molecular complexity index is 2940. The molecule has 4 heterocycles. The van der Waals surface area contributed by atoms with Crippen LogP contribution in [0.5, 0.6) is 0 Å². The quantitative estimate of drug-likeness (QED) is 0.190. The predicted molar refractivity (Wildman–Crippen MR) is 209 cm³/mol. The fourth-order valence-electron chi connectivity index (χ4n) is 8.51. The molecule has 0 saturated carbocycles. The molecule has 10 aromatic rings. The maximum Gasteiger partial charge on any atom is 0.145 e. The van der Waals surface area contributed by atoms with Crippen molar-refractivity contribution in [2.75, 3.05) is 0 Å². The predicted octanol–water partition coefficient (Wildman–Crippen LogP) is 11.5. The van der Waals surface area contributed by atoms with Crippen LogP contribution in [0.25, 0.3) is 77.5 Å². The number of pyridine rings is 2. The largest absolute Gasteiger partial charge is 0.294 e. The standard InChI is InChI=1S/C47H30N4/c1-2-11-30(12-3-1)31-21-23-43-41(27-31)39-19-9-25-48-46(39)50(43)33-13-8-14-34(29-33)51-44-24-22-32(28-42(44)40-20-10-26-49-47(40)51)45-37-17-6-4-15-35(37)36-16-5-7-18-38(36)45/h1-29,45H. The van der Waals surface area contributed by atoms with Crippen molar-refractivity contribution in [3.63, 3.8) is 0 Å². The van der Waals surface area contributed by atoms with Crippen molar-refractivity contribution in [1.29, 1.82) is 0 Å². The van der Waals surface area contributed by atoms with Gasteiger partial charge in [-0.25, -0.2) is 9.97 Å². The number of hydrogen-bond acceptors (Lipinski definition) is 2. The third kappa shape index (κ3) is 4.14. The molecule has 51 heavy (non-hydrogen) atoms. The molecule has 0 unspecified atom stereocenters. The molecule has 4 aromatic heterocycles. The molecule has 0 spiro atoms. The Kier molecular flexibility index (Phi) is 5.98. The molecular weight excluding hydrogens is 621 g/mol. The third-order valence-electron chi connectivity index (χ3n) is 10.7. The summed E-state index contributed by atoms with van der Waals surface area (Å²) in [6.45, 7) is 0. The first kappa shape index (κ1) is 28.1. The minimum absolute atomic E-state index is 0.186. The normalized spacial score (nSPS) is 12.6. The van der Waals surface area contributed by atoms with Crippen molar-refractivity contribution >= 4 is 43.9 Å². The molecule has 0 N–H and O–H groups in total. The lowest BCUT2D eigenvalue weighted by Gasteiger charge is -2.15. The van der Waals surface area contributed by atoms with Crippen LogP contribution in [0.1, 0.15) is 22.6 Å². The van der Waals surface area contributed by atoms with Crippen LogP contribution in [0, 0.1) is 0 Å². The summed E-state index contributed by atoms with van der Waals surface area (Å²) >= 11 is 0. The van der Waals surface area contributed by atoms with Crippen LogP contribution < -0.4 is 0 Å². The Morgan fingerprint density at radius 3 is 1.61 bits per heavy atom. The molecule has 6 aromatic carbocycles. The van der Waals surface area contributed by atoms with Gasteiger partial charge in [0.25, 0.3) is 0 Å². The Morgan fingerprint density at radius 1 is 0.392 bits per heavy atom. The van der Waals surface area contributed by atoms with Crippen LogP contribution >= 0.6 is 0 Å². The first-order valence-electron chi connectivity index (χ1n) is 17.4. The average molecular weight is 651 g/mol. The lowest BCUT2D eigenvalue weighted by atomic mass is 9.88. The summed E-state index contributed by atoms with van der Waals surface area (Å²) < 4.78 is 4.60. The van der Waals surface area contributed by atoms with E-state index in [0.29, 0.717) is 0 Å². The molecule has 0 fully saturated rings. The fraction of sp³-hybridized carbons (Fsp3) is 0.0213. The van der Waals surface area contributed by atoms with Gasteiger partial charge in [0.1, 0.15) is 11.3 Å². The smallest absolute Gasteiger partial charge is 0.145 e. The summed E-state index contributed by atoms with van der Waals surface area (Å²) in [6, 6.07) is 59.2. The zero-order chi connectivity index (χ0) is 33.5. The molecule has 0 aliphatic heterocycles. The third-order valence-corrected chi connectivity index (χ3v) is 10.7. The molecule has 238 valence electrons. The van der Waals surface area contributed by atoms with E-state index < -0.39 is 0 Å². The highest BCUT2D eigenvalue weighted by molar-refractivity contribution is 6.10. The SMILES string of the molecule is c1ccc(-c2ccc3c(c2)c2cccnc2n3-c2cccc(-n3c4ccc(C5c6ccccc6-c6ccccc65)cc4c4cccnc43)c2)cc1. The summed E-state index contributed by atoms with van der Waals surface area (Å²) in [5, 5.41) is 4.67. The van der Waals surface area contributed by atoms with E-state index in [1.54, 1.807) is 0 Å². The van der Waals surface area contributed by atoms with E-state index in [4.69, 9.17) is 9.97 Å². The van der Waals surface area contributed by atoms with E-state index >= 15 is 0 Å². The molecule has 11 rings (SSSR count). The number of aromatic nitrogens is 4. The van der Waals surface area contributed by atoms with Gasteiger partial charge in [0, 0.05) is 51.2 Å². The van der Waals surface area contributed by atoms with Gasteiger partial charge in [-0.1, -0.05) is 97.1 Å². The zero-order valence-electron chi connectivity index (χ0n) is 27.6. The Morgan fingerprint density at radius 2 is 0.961 bits per heavy atom. The highest BCUT2D eigenvalue weighted by atomic mass is 15.1. The summed E-state index contributed by atoms with van der Waals surface area (Å²) in [7, 11) is 0. The molecule has 0 atom stereocenters. The van der Waals surface area contributed by atoms with Crippen molar-refractivity contribution in [3.8, 4) is 33.6 Å². The van der Waals surface area contributed by atoms with Crippen LogP contribution in [0.3, 0.4) is 0 Å². The number of benzene rings is 6. The number of fused-ring (bicyclic) bond motifs is 9. The van der Waals surface area contributed by atoms with Gasteiger partial charge in [-0.3, -0.25) is 9.13 Å². The molecule has 4 nitrogen and oxygen atoms in total. The summed E-state index contributed by atoms with van der Waals surface area (Å²) in [5.41, 5.74) is 15.3. The highest BCUT2D eigenvalue weighted by Gasteiger charge is 2.30. The van der Waals surface area contributed by atoms with Gasteiger partial charge in [-0.2, -0.15) is 0 Å². The van der Waals surface area contributed by atoms with Gasteiger partial charge < -0.3 is 0 Å². The van der Waals surface area contributed by atoms with E-state index in [9.17, 15) is 0 Å². The topological polar surface area (TPSA) is 35.6 Å². The Hall–Kier alpha value is -6.78. The van der Waals surface area contributed by atoms with Gasteiger partial charge in [0.05, 0.1) is 11.0 Å². The molecule has 1 aliphatic rings. The van der Waals surface area contributed by atoms with Crippen LogP contribution in [-0.2, 0) is 0 Å². The van der Waals surface area contributed by atoms with E-state index in [1.807, 2.05) is 24.5 Å². The minimum atomic E-state index is 0.186. The zero-order valence-corrected chi connectivity index (χ0v) is 27.6. The molecule has 0 bridgehead atoms. The second-order valence-electron chi connectivity index (χ2n) is 13.4. The van der Waals surface area contributed by atoms with Crippen LogP contribution in [0.2, 0.25) is 0 Å². The van der Waals surface area contributed by atoms with E-state index in [2.05, 4.69) is 161 Å². The van der Waals surface area contributed by atoms with Gasteiger partial charge in [0.2, 0.25) is 0 Å². The molecule has 0 amide bonds. The fourth-order valence-corrected chi connectivity index (χ4v) is 8.51. The van der Waals surface area contributed by atoms with E-state index in [0.717, 1.165) is 44.5 Å². The summed E-state index contributed by atoms with van der Waals surface area (Å²) in [6.07, 6.45) is 3.78. The van der Waals surface area contributed by atoms with Crippen molar-refractivity contribution in [2.24, 2.45) is 0 Å². The second kappa shape index (κ2) is 10.9. The molecule has 0 radical (unpaired) electrons. The summed E-state index contributed by atoms with van der Waals surface area (Å²) in [5.74, 6) is 0.186. The van der Waals surface area contributed by atoms with Gasteiger partial charge >= 0.3 is 0 Å². The molecule has 4 heteroatoms. The van der Waals surface area contributed by atoms with E-state index in [1.165, 1.54) is 49.7 Å². The van der Waals surface area contributed by atoms with Crippen LogP contribution in [0.15, 0.2) is 176 Å². The first-order valence-corrected chi connectivity index (χ1v) is 17.4. The molecular formula is C47H30N4. The van der Waals surface area contributed by atoms with Crippen molar-refractivity contribution in [2.45, 2.75) is 5.92 Å². The van der Waals surface area contributed by atoms with Gasteiger partial charge in [-0.15, -0.1) is 0 Å². The Balaban J connectivity index is 1.09. The lowest BCUT2D eigenvalue weighted by Crippen LogP contribution is -2.01. The number of rotatable bonds is 4. The van der Waals surface area contributed by atoms with E-state index in [-0.39, 0.29) is 5.92 Å². The summed E-state index contributed by atoms with van der Waals surface area (Å²) in [4.78, 5) is 9.88. The van der Waals surface area contributed by atoms with Crippen LogP contribution in [0.4, 0.5) is 0 Å². The maximum atomic E-state index is 4.97. The second-order valence-corrected chi connectivity index (χ2v) is 13.4. The molecule has 1 aliphatic carbocycles. The Labute approximate surface area is 294 Å². The van der Waals surface area contributed by atoms with Crippen molar-refractivity contribution in [3.05, 3.63) is 193 Å². The van der Waals surface area contributed by atoms with Gasteiger partial charge in [0.15, 0.2) is 0 Å². The van der Waals surface area contributed by atoms with Crippen molar-refractivity contribution in [1.82, 2.24) is 19.1 Å². The van der Waals surface area contributed by atoms with Gasteiger partial charge in [-0.05, 0) is 106 Å². The highest BCUT2D eigenvalue weighted by Crippen LogP contribution is 2.48. The maximum absolute atomic E-state index is 4.97. The minimum Gasteiger partial charge on any atom is -0.294 e. The van der Waals surface area contributed by atoms with Crippen molar-refractivity contribution < 1.29 is 0 Å². The first-order chi connectivity index (χ1) is 25.3.